The molecule has 0 atom stereocenters. The van der Waals surface area contributed by atoms with Gasteiger partial charge in [-0.3, -0.25) is 4.40 Å². The summed E-state index contributed by atoms with van der Waals surface area (Å²) < 4.78 is 7.39. The van der Waals surface area contributed by atoms with Gasteiger partial charge in [-0.05, 0) is 43.4 Å². The number of nitrogens with zero attached hydrogens (tertiary/aromatic N) is 5. The normalized spacial score (nSPS) is 17.0. The predicted molar refractivity (Wildman–Crippen MR) is 95.0 cm³/mol. The van der Waals surface area contributed by atoms with Gasteiger partial charge in [0.2, 0.25) is 5.65 Å². The molecule has 0 saturated heterocycles. The van der Waals surface area contributed by atoms with Crippen LogP contribution in [0, 0.1) is 0 Å². The zero-order valence-electron chi connectivity index (χ0n) is 14.3. The first kappa shape index (κ1) is 14.7. The number of methoxy groups -OCH3 is 1. The van der Waals surface area contributed by atoms with Crippen molar-refractivity contribution in [1.29, 1.82) is 0 Å². The summed E-state index contributed by atoms with van der Waals surface area (Å²) in [5, 5.41) is 8.91. The van der Waals surface area contributed by atoms with E-state index < -0.39 is 0 Å². The first-order valence-corrected chi connectivity index (χ1v) is 8.92. The molecule has 3 aromatic rings. The van der Waals surface area contributed by atoms with Crippen molar-refractivity contribution in [1.82, 2.24) is 19.6 Å². The lowest BCUT2D eigenvalue weighted by Gasteiger charge is -2.23. The average molecular weight is 335 g/mol. The molecule has 2 saturated carbocycles. The number of benzene rings is 1. The second-order valence-electron chi connectivity index (χ2n) is 6.98. The van der Waals surface area contributed by atoms with Crippen LogP contribution >= 0.6 is 0 Å². The molecular formula is C19H21N5O. The Morgan fingerprint density at radius 3 is 2.60 bits per heavy atom. The Hall–Kier alpha value is -2.63. The molecule has 0 radical (unpaired) electrons. The van der Waals surface area contributed by atoms with Gasteiger partial charge >= 0.3 is 0 Å². The van der Waals surface area contributed by atoms with Crippen molar-refractivity contribution in [3.63, 3.8) is 0 Å². The van der Waals surface area contributed by atoms with E-state index in [1.165, 1.54) is 31.2 Å². The highest BCUT2D eigenvalue weighted by atomic mass is 16.5. The highest BCUT2D eigenvalue weighted by molar-refractivity contribution is 5.65. The maximum atomic E-state index is 5.26. The maximum absolute atomic E-state index is 5.26. The zero-order valence-corrected chi connectivity index (χ0v) is 14.3. The summed E-state index contributed by atoms with van der Waals surface area (Å²) in [5.74, 6) is 3.48. The van der Waals surface area contributed by atoms with E-state index >= 15 is 0 Å². The molecule has 6 heteroatoms. The van der Waals surface area contributed by atoms with Crippen LogP contribution in [0.4, 0.5) is 5.82 Å². The van der Waals surface area contributed by atoms with Crippen molar-refractivity contribution >= 4 is 11.5 Å². The summed E-state index contributed by atoms with van der Waals surface area (Å²) in [6.07, 6.45) is 8.73. The standard InChI is InChI=1S/C19H21N5O/c1-25-16-8-2-13(3-9-16)12-24(15-6-7-15)18-19-22-21-17(14-4-5-14)23(19)11-10-20-18/h2-3,8-11,14-15H,4-7,12H2,1H3. The Morgan fingerprint density at radius 1 is 1.12 bits per heavy atom. The van der Waals surface area contributed by atoms with Crippen molar-refractivity contribution in [2.24, 2.45) is 0 Å². The summed E-state index contributed by atoms with van der Waals surface area (Å²) in [7, 11) is 1.69. The Morgan fingerprint density at radius 2 is 1.92 bits per heavy atom. The fourth-order valence-electron chi connectivity index (χ4n) is 3.34. The number of fused-ring (bicyclic) bond motifs is 1. The molecule has 2 aliphatic rings. The van der Waals surface area contributed by atoms with E-state index in [9.17, 15) is 0 Å². The van der Waals surface area contributed by atoms with Crippen LogP contribution in [-0.2, 0) is 6.54 Å². The molecule has 0 spiro atoms. The molecule has 2 fully saturated rings. The minimum Gasteiger partial charge on any atom is -0.497 e. The second-order valence-corrected chi connectivity index (χ2v) is 6.98. The lowest BCUT2D eigenvalue weighted by atomic mass is 10.2. The first-order valence-electron chi connectivity index (χ1n) is 8.92. The van der Waals surface area contributed by atoms with Gasteiger partial charge in [0.25, 0.3) is 0 Å². The largest absolute Gasteiger partial charge is 0.497 e. The zero-order chi connectivity index (χ0) is 16.8. The second kappa shape index (κ2) is 5.72. The van der Waals surface area contributed by atoms with Crippen molar-refractivity contribution < 1.29 is 4.74 Å². The third-order valence-electron chi connectivity index (χ3n) is 5.05. The minimum atomic E-state index is 0.543. The Kier molecular flexibility index (Phi) is 3.36. The van der Waals surface area contributed by atoms with Gasteiger partial charge in [-0.2, -0.15) is 0 Å². The number of rotatable bonds is 6. The average Bonchev–Trinajstić information content (AvgIpc) is 3.58. The van der Waals surface area contributed by atoms with E-state index in [1.54, 1.807) is 7.11 Å². The topological polar surface area (TPSA) is 55.5 Å². The Bertz CT molecular complexity index is 896. The molecule has 0 aliphatic heterocycles. The van der Waals surface area contributed by atoms with Gasteiger partial charge in [0, 0.05) is 30.9 Å². The maximum Gasteiger partial charge on any atom is 0.203 e. The number of hydrogen-bond acceptors (Lipinski definition) is 5. The highest BCUT2D eigenvalue weighted by Gasteiger charge is 2.33. The van der Waals surface area contributed by atoms with Crippen LogP contribution in [-0.4, -0.2) is 32.7 Å². The third kappa shape index (κ3) is 2.71. The van der Waals surface area contributed by atoms with Crippen LogP contribution in [0.15, 0.2) is 36.7 Å². The van der Waals surface area contributed by atoms with Crippen LogP contribution in [0.2, 0.25) is 0 Å². The molecule has 5 rings (SSSR count). The van der Waals surface area contributed by atoms with Gasteiger partial charge in [0.1, 0.15) is 11.6 Å². The molecule has 0 unspecified atom stereocenters. The first-order chi connectivity index (χ1) is 12.3. The fourth-order valence-corrected chi connectivity index (χ4v) is 3.34. The van der Waals surface area contributed by atoms with E-state index in [2.05, 4.69) is 36.6 Å². The summed E-state index contributed by atoms with van der Waals surface area (Å²) in [5.41, 5.74) is 2.13. The van der Waals surface area contributed by atoms with Gasteiger partial charge in [-0.25, -0.2) is 4.98 Å². The molecular weight excluding hydrogens is 314 g/mol. The number of aromatic nitrogens is 4. The van der Waals surface area contributed by atoms with Gasteiger partial charge in [-0.1, -0.05) is 12.1 Å². The van der Waals surface area contributed by atoms with Crippen molar-refractivity contribution in [2.75, 3.05) is 12.0 Å². The van der Waals surface area contributed by atoms with E-state index in [0.29, 0.717) is 12.0 Å². The summed E-state index contributed by atoms with van der Waals surface area (Å²) in [4.78, 5) is 7.05. The van der Waals surface area contributed by atoms with Crippen molar-refractivity contribution in [2.45, 2.75) is 44.2 Å². The highest BCUT2D eigenvalue weighted by Crippen LogP contribution is 2.40. The SMILES string of the molecule is COc1ccc(CN(c2nccn3c(C4CC4)nnc23)C2CC2)cc1. The molecule has 1 aromatic carbocycles. The van der Waals surface area contributed by atoms with Gasteiger partial charge in [0.05, 0.1) is 7.11 Å². The molecule has 0 bridgehead atoms. The number of anilines is 1. The van der Waals surface area contributed by atoms with Crippen LogP contribution in [0.25, 0.3) is 5.65 Å². The van der Waals surface area contributed by atoms with Crippen LogP contribution in [0.5, 0.6) is 5.75 Å². The molecule has 6 nitrogen and oxygen atoms in total. The summed E-state index contributed by atoms with van der Waals surface area (Å²) >= 11 is 0. The minimum absolute atomic E-state index is 0.543. The van der Waals surface area contributed by atoms with Gasteiger partial charge in [0.15, 0.2) is 5.82 Å². The lowest BCUT2D eigenvalue weighted by Crippen LogP contribution is -2.26. The van der Waals surface area contributed by atoms with E-state index in [4.69, 9.17) is 4.74 Å². The Labute approximate surface area is 146 Å². The number of ether oxygens (including phenoxy) is 1. The van der Waals surface area contributed by atoms with E-state index in [-0.39, 0.29) is 0 Å². The predicted octanol–water partition coefficient (Wildman–Crippen LogP) is 3.18. The molecule has 2 heterocycles. The molecule has 2 aromatic heterocycles. The third-order valence-corrected chi connectivity index (χ3v) is 5.05. The van der Waals surface area contributed by atoms with Crippen LogP contribution < -0.4 is 9.64 Å². The van der Waals surface area contributed by atoms with Crippen molar-refractivity contribution in [3.8, 4) is 5.75 Å². The molecule has 128 valence electrons. The van der Waals surface area contributed by atoms with Crippen LogP contribution in [0.1, 0.15) is 43.0 Å². The molecule has 25 heavy (non-hydrogen) atoms. The molecule has 2 aliphatic carbocycles. The summed E-state index contributed by atoms with van der Waals surface area (Å²) in [6, 6.07) is 8.80. The van der Waals surface area contributed by atoms with Crippen molar-refractivity contribution in [3.05, 3.63) is 48.0 Å². The summed E-state index contributed by atoms with van der Waals surface area (Å²) in [6.45, 7) is 0.826. The van der Waals surface area contributed by atoms with E-state index in [0.717, 1.165) is 29.6 Å². The monoisotopic (exact) mass is 335 g/mol. The van der Waals surface area contributed by atoms with Gasteiger partial charge < -0.3 is 9.64 Å². The lowest BCUT2D eigenvalue weighted by molar-refractivity contribution is 0.414. The van der Waals surface area contributed by atoms with E-state index in [1.807, 2.05) is 24.5 Å². The molecule has 0 amide bonds. The molecule has 0 N–H and O–H groups in total. The van der Waals surface area contributed by atoms with Gasteiger partial charge in [-0.15, -0.1) is 10.2 Å². The van der Waals surface area contributed by atoms with Crippen LogP contribution in [0.3, 0.4) is 0 Å². The number of hydrogen-bond donors (Lipinski definition) is 0. The Balaban J connectivity index is 1.50. The quantitative estimate of drug-likeness (QED) is 0.692. The smallest absolute Gasteiger partial charge is 0.203 e. The fraction of sp³-hybridized carbons (Fsp3) is 0.421.